The molecule has 8 bridgehead atoms. The summed E-state index contributed by atoms with van der Waals surface area (Å²) in [7, 11) is 0. The zero-order valence-electron chi connectivity index (χ0n) is 22.6. The molecule has 0 radical (unpaired) electrons. The molecule has 4 N–H and O–H groups in total. The van der Waals surface area contributed by atoms with E-state index in [2.05, 4.69) is 124 Å². The number of H-pyrrole nitrogens is 4. The third kappa shape index (κ3) is 3.50. The Balaban J connectivity index is 0.00000133. The van der Waals surface area contributed by atoms with Crippen molar-refractivity contribution in [2.45, 2.75) is 90.9 Å². The van der Waals surface area contributed by atoms with Gasteiger partial charge >= 0.3 is 0 Å². The van der Waals surface area contributed by atoms with Gasteiger partial charge in [0.05, 0.1) is 0 Å². The Labute approximate surface area is 205 Å². The Bertz CT molecular complexity index is 1000. The van der Waals surface area contributed by atoms with Crippen molar-refractivity contribution in [3.8, 4) is 0 Å². The van der Waals surface area contributed by atoms with E-state index < -0.39 is 0 Å². The second kappa shape index (κ2) is 7.83. The Morgan fingerprint density at radius 3 is 0.559 bits per heavy atom. The summed E-state index contributed by atoms with van der Waals surface area (Å²) < 4.78 is 0. The Morgan fingerprint density at radius 1 is 0.324 bits per heavy atom. The van der Waals surface area contributed by atoms with Crippen molar-refractivity contribution in [2.75, 3.05) is 0 Å². The Morgan fingerprint density at radius 2 is 0.441 bits per heavy atom. The number of aromatic amines is 4. The van der Waals surface area contributed by atoms with E-state index in [1.54, 1.807) is 0 Å². The number of aromatic nitrogens is 4. The van der Waals surface area contributed by atoms with Crippen LogP contribution in [0, 0.1) is 0 Å². The van der Waals surface area contributed by atoms with E-state index in [0.717, 1.165) is 0 Å². The molecule has 0 aliphatic carbocycles. The number of rotatable bonds is 0. The van der Waals surface area contributed by atoms with E-state index in [9.17, 15) is 0 Å². The molecule has 0 amide bonds. The van der Waals surface area contributed by atoms with Crippen molar-refractivity contribution in [3.63, 3.8) is 0 Å². The largest absolute Gasteiger partial charge is 0.361 e. The Hall–Kier alpha value is -2.88. The molecule has 0 spiro atoms. The van der Waals surface area contributed by atoms with Crippen LogP contribution in [-0.2, 0) is 21.7 Å². The van der Waals surface area contributed by atoms with Gasteiger partial charge in [-0.3, -0.25) is 0 Å². The zero-order valence-corrected chi connectivity index (χ0v) is 22.6. The van der Waals surface area contributed by atoms with Crippen LogP contribution in [-0.4, -0.2) is 19.9 Å². The SMILES string of the molecule is CC.CC1(C)c2ccc([nH]2)C(C)(C)c2ccc([nH]2)C(C)(C)c2ccc([nH]2)C(C)(C)c2ccc1[nH]2. The third-order valence-corrected chi connectivity index (χ3v) is 8.13. The van der Waals surface area contributed by atoms with E-state index in [1.807, 2.05) is 13.8 Å². The number of fused-ring (bicyclic) bond motifs is 8. The molecule has 4 nitrogen and oxygen atoms in total. The molecule has 5 rings (SSSR count). The Kier molecular flexibility index (Phi) is 5.58. The minimum absolute atomic E-state index is 0.163. The van der Waals surface area contributed by atoms with Crippen molar-refractivity contribution in [1.82, 2.24) is 19.9 Å². The first kappa shape index (κ1) is 24.3. The van der Waals surface area contributed by atoms with Gasteiger partial charge in [0.2, 0.25) is 0 Å². The predicted molar refractivity (Wildman–Crippen MR) is 143 cm³/mol. The third-order valence-electron chi connectivity index (χ3n) is 8.13. The maximum absolute atomic E-state index is 3.77. The minimum atomic E-state index is -0.163. The van der Waals surface area contributed by atoms with Crippen molar-refractivity contribution in [2.24, 2.45) is 0 Å². The van der Waals surface area contributed by atoms with E-state index in [4.69, 9.17) is 0 Å². The fraction of sp³-hybridized carbons (Fsp3) is 0.467. The molecule has 0 saturated carbocycles. The highest BCUT2D eigenvalue weighted by atomic mass is 14.9. The van der Waals surface area contributed by atoms with Gasteiger partial charge in [-0.2, -0.15) is 0 Å². The molecule has 34 heavy (non-hydrogen) atoms. The van der Waals surface area contributed by atoms with Gasteiger partial charge in [-0.25, -0.2) is 0 Å². The summed E-state index contributed by atoms with van der Waals surface area (Å²) in [4.78, 5) is 15.1. The molecule has 182 valence electrons. The summed E-state index contributed by atoms with van der Waals surface area (Å²) in [5.74, 6) is 0. The van der Waals surface area contributed by atoms with Gasteiger partial charge in [0, 0.05) is 67.2 Å². The number of nitrogens with one attached hydrogen (secondary N) is 4. The summed E-state index contributed by atoms with van der Waals surface area (Å²) in [6.07, 6.45) is 0. The molecular weight excluding hydrogens is 416 g/mol. The molecular formula is C30H42N4. The highest BCUT2D eigenvalue weighted by Crippen LogP contribution is 2.40. The first-order chi connectivity index (χ1) is 15.8. The van der Waals surface area contributed by atoms with Gasteiger partial charge in [-0.05, 0) is 104 Å². The van der Waals surface area contributed by atoms with Crippen LogP contribution < -0.4 is 0 Å². The average molecular weight is 459 g/mol. The average Bonchev–Trinajstić information content (AvgIpc) is 3.59. The molecule has 1 aliphatic rings. The second-order valence-electron chi connectivity index (χ2n) is 11.6. The van der Waals surface area contributed by atoms with Crippen LogP contribution in [0.5, 0.6) is 0 Å². The van der Waals surface area contributed by atoms with Crippen molar-refractivity contribution < 1.29 is 0 Å². The van der Waals surface area contributed by atoms with E-state index in [0.29, 0.717) is 0 Å². The van der Waals surface area contributed by atoms with Gasteiger partial charge in [0.25, 0.3) is 0 Å². The van der Waals surface area contributed by atoms with Crippen LogP contribution >= 0.6 is 0 Å². The van der Waals surface area contributed by atoms with Crippen LogP contribution in [0.3, 0.4) is 0 Å². The molecule has 0 atom stereocenters. The van der Waals surface area contributed by atoms with Crippen LogP contribution in [0.2, 0.25) is 0 Å². The standard InChI is InChI=1S/C28H36N4.C2H6/c1-25(2)17-9-11-19(29-17)26(3,4)21-13-15-23(31-21)28(7,8)24-16-14-22(32-24)27(5,6)20-12-10-18(25)30-20;1-2/h9-16,29-32H,1-8H3;1-2H3. The van der Waals surface area contributed by atoms with Crippen molar-refractivity contribution >= 4 is 0 Å². The molecule has 0 fully saturated rings. The van der Waals surface area contributed by atoms with Gasteiger partial charge < -0.3 is 19.9 Å². The fourth-order valence-electron chi connectivity index (χ4n) is 5.08. The summed E-state index contributed by atoms with van der Waals surface area (Å²) in [6.45, 7) is 22.2. The summed E-state index contributed by atoms with van der Waals surface area (Å²) in [5, 5.41) is 0. The van der Waals surface area contributed by atoms with Gasteiger partial charge in [0.1, 0.15) is 0 Å². The maximum atomic E-state index is 3.77. The minimum Gasteiger partial charge on any atom is -0.361 e. The lowest BCUT2D eigenvalue weighted by Crippen LogP contribution is -2.26. The molecule has 1 aliphatic heterocycles. The maximum Gasteiger partial charge on any atom is 0.0447 e. The first-order valence-corrected chi connectivity index (χ1v) is 12.6. The second-order valence-corrected chi connectivity index (χ2v) is 11.6. The van der Waals surface area contributed by atoms with E-state index >= 15 is 0 Å². The topological polar surface area (TPSA) is 63.2 Å². The quantitative estimate of drug-likeness (QED) is 0.209. The monoisotopic (exact) mass is 458 g/mol. The van der Waals surface area contributed by atoms with Crippen LogP contribution in [0.25, 0.3) is 0 Å². The lowest BCUT2D eigenvalue weighted by Gasteiger charge is -2.28. The van der Waals surface area contributed by atoms with Gasteiger partial charge in [-0.1, -0.05) is 13.8 Å². The molecule has 0 saturated heterocycles. The van der Waals surface area contributed by atoms with E-state index in [1.165, 1.54) is 45.6 Å². The highest BCUT2D eigenvalue weighted by Gasteiger charge is 2.36. The predicted octanol–water partition coefficient (Wildman–Crippen LogP) is 7.64. The lowest BCUT2D eigenvalue weighted by molar-refractivity contribution is 0.545. The zero-order chi connectivity index (χ0) is 25.1. The number of hydrogen-bond donors (Lipinski definition) is 4. The molecule has 5 heterocycles. The molecule has 0 aromatic carbocycles. The lowest BCUT2D eigenvalue weighted by atomic mass is 9.85. The van der Waals surface area contributed by atoms with Gasteiger partial charge in [0.15, 0.2) is 0 Å². The summed E-state index contributed by atoms with van der Waals surface area (Å²) >= 11 is 0. The van der Waals surface area contributed by atoms with Crippen molar-refractivity contribution in [3.05, 3.63) is 94.1 Å². The highest BCUT2D eigenvalue weighted by molar-refractivity contribution is 5.43. The van der Waals surface area contributed by atoms with E-state index in [-0.39, 0.29) is 21.7 Å². The molecule has 4 heteroatoms. The first-order valence-electron chi connectivity index (χ1n) is 12.6. The van der Waals surface area contributed by atoms with Crippen molar-refractivity contribution in [1.29, 1.82) is 0 Å². The summed E-state index contributed by atoms with van der Waals surface area (Å²) in [6, 6.07) is 17.9. The molecule has 4 aromatic heterocycles. The summed E-state index contributed by atoms with van der Waals surface area (Å²) in [5.41, 5.74) is 9.07. The van der Waals surface area contributed by atoms with Crippen LogP contribution in [0.1, 0.15) is 115 Å². The van der Waals surface area contributed by atoms with Gasteiger partial charge in [-0.15, -0.1) is 0 Å². The normalized spacial score (nSPS) is 19.2. The van der Waals surface area contributed by atoms with Crippen LogP contribution in [0.4, 0.5) is 0 Å². The van der Waals surface area contributed by atoms with Crippen LogP contribution in [0.15, 0.2) is 48.5 Å². The molecule has 0 unspecified atom stereocenters. The smallest absolute Gasteiger partial charge is 0.0447 e. The fourth-order valence-corrected chi connectivity index (χ4v) is 5.08. The molecule has 4 aromatic rings. The number of hydrogen-bond acceptors (Lipinski definition) is 0.